The van der Waals surface area contributed by atoms with Crippen molar-refractivity contribution in [3.05, 3.63) is 301 Å². The van der Waals surface area contributed by atoms with E-state index in [0.717, 1.165) is 33.4 Å². The van der Waals surface area contributed by atoms with Crippen LogP contribution in [0.2, 0.25) is 0 Å². The number of fused-ring (bicyclic) bond motifs is 1. The molecule has 0 spiro atoms. The number of carbonyl (C=O) groups is 2. The minimum absolute atomic E-state index is 0.0631. The number of nitrogens with zero attached hydrogens (tertiary/aromatic N) is 6. The monoisotopic (exact) mass is 1220 g/mol. The molecule has 10 aromatic rings. The van der Waals surface area contributed by atoms with Gasteiger partial charge >= 0.3 is 5.69 Å². The van der Waals surface area contributed by atoms with Crippen LogP contribution in [0.15, 0.2) is 239 Å². The van der Waals surface area contributed by atoms with Gasteiger partial charge in [-0.2, -0.15) is 4.98 Å². The highest BCUT2D eigenvalue weighted by Gasteiger charge is 2.48. The molecule has 2 amide bonds. The highest BCUT2D eigenvalue weighted by Crippen LogP contribution is 2.47. The molecule has 7 aromatic carbocycles. The number of morpholine rings is 2. The maximum atomic E-state index is 13.2. The van der Waals surface area contributed by atoms with Crippen LogP contribution < -0.4 is 33.2 Å². The van der Waals surface area contributed by atoms with Gasteiger partial charge in [0.05, 0.1) is 34.6 Å². The van der Waals surface area contributed by atoms with E-state index >= 15 is 0 Å². The first-order chi connectivity index (χ1) is 43.8. The topological polar surface area (TPSA) is 228 Å². The SMILES string of the molecule is CC(C)C(=O)Nc1nc2c(ncn2C2CN(C(c3ccccc3)(c3ccccc3)c3ccccc3)CC(CN)O2)c(=O)[nH]1.Cc1cn(C2CN(C(c3ccccc3)(c3ccccc3)c3ccccc3)CC(CCC(=S)NC(=O)c3ccccc3)O2)c(=O)[nH]c1=O. The Kier molecular flexibility index (Phi) is 19.2. The zero-order chi connectivity index (χ0) is 62.8. The number of H-pyrrole nitrogens is 2. The summed E-state index contributed by atoms with van der Waals surface area (Å²) >= 11 is 5.61. The molecule has 19 heteroatoms. The molecule has 2 aliphatic rings. The molecule has 2 fully saturated rings. The molecular weight excluding hydrogens is 1150 g/mol. The number of thiocarbonyl (C=S) groups is 1. The fourth-order valence-corrected chi connectivity index (χ4v) is 12.6. The van der Waals surface area contributed by atoms with Crippen LogP contribution in [0.3, 0.4) is 0 Å². The molecule has 0 saturated carbocycles. The van der Waals surface area contributed by atoms with Gasteiger partial charge in [-0.25, -0.2) is 9.78 Å². The highest BCUT2D eigenvalue weighted by molar-refractivity contribution is 7.80. The predicted octanol–water partition coefficient (Wildman–Crippen LogP) is 9.44. The summed E-state index contributed by atoms with van der Waals surface area (Å²) in [6, 6.07) is 71.3. The molecule has 18 nitrogen and oxygen atoms in total. The first-order valence-electron chi connectivity index (χ1n) is 30.1. The lowest BCUT2D eigenvalue weighted by Crippen LogP contribution is -2.57. The van der Waals surface area contributed by atoms with E-state index in [4.69, 9.17) is 27.4 Å². The lowest BCUT2D eigenvalue weighted by atomic mass is 9.75. The third-order valence-electron chi connectivity index (χ3n) is 16.6. The Labute approximate surface area is 526 Å². The van der Waals surface area contributed by atoms with Crippen LogP contribution in [-0.4, -0.2) is 101 Å². The third kappa shape index (κ3) is 13.0. The number of imidazole rings is 1. The van der Waals surface area contributed by atoms with Gasteiger partial charge in [0.25, 0.3) is 17.0 Å². The first kappa shape index (κ1) is 62.0. The number of aromatic nitrogens is 6. The van der Waals surface area contributed by atoms with E-state index in [-0.39, 0.29) is 47.9 Å². The quantitative estimate of drug-likeness (QED) is 0.0423. The summed E-state index contributed by atoms with van der Waals surface area (Å²) < 4.78 is 16.4. The molecule has 0 aliphatic carbocycles. The van der Waals surface area contributed by atoms with Crippen molar-refractivity contribution in [3.63, 3.8) is 0 Å². The second-order valence-electron chi connectivity index (χ2n) is 22.7. The lowest BCUT2D eigenvalue weighted by molar-refractivity contribution is -0.140. The minimum atomic E-state index is -0.757. The molecule has 4 unspecified atom stereocenters. The molecule has 0 bridgehead atoms. The number of anilines is 1. The Balaban J connectivity index is 0.000000186. The van der Waals surface area contributed by atoms with Crippen molar-refractivity contribution in [3.8, 4) is 0 Å². The molecule has 12 rings (SSSR count). The number of nitrogens with one attached hydrogen (secondary N) is 4. The third-order valence-corrected chi connectivity index (χ3v) is 16.9. The van der Waals surface area contributed by atoms with Crippen LogP contribution in [0, 0.1) is 12.8 Å². The number of hydrogen-bond donors (Lipinski definition) is 5. The summed E-state index contributed by atoms with van der Waals surface area (Å²) in [5.41, 5.74) is 11.3. The smallest absolute Gasteiger partial charge is 0.330 e. The Morgan fingerprint density at radius 3 is 1.47 bits per heavy atom. The molecule has 6 N–H and O–H groups in total. The van der Waals surface area contributed by atoms with Crippen molar-refractivity contribution in [2.24, 2.45) is 11.7 Å². The van der Waals surface area contributed by atoms with Gasteiger partial charge in [0.2, 0.25) is 11.9 Å². The number of carbonyl (C=O) groups excluding carboxylic acids is 2. The zero-order valence-corrected chi connectivity index (χ0v) is 51.0. The number of amides is 2. The van der Waals surface area contributed by atoms with Gasteiger partial charge in [-0.15, -0.1) is 0 Å². The van der Waals surface area contributed by atoms with Crippen LogP contribution in [-0.2, 0) is 25.3 Å². The number of aryl methyl sites for hydroxylation is 1. The predicted molar refractivity (Wildman–Crippen MR) is 352 cm³/mol. The van der Waals surface area contributed by atoms with Crippen molar-refractivity contribution in [1.82, 2.24) is 44.2 Å². The Morgan fingerprint density at radius 1 is 0.600 bits per heavy atom. The van der Waals surface area contributed by atoms with Gasteiger partial charge in [0.1, 0.15) is 6.23 Å². The van der Waals surface area contributed by atoms with E-state index in [1.807, 2.05) is 91.0 Å². The Morgan fingerprint density at radius 2 is 1.02 bits per heavy atom. The standard InChI is InChI=1S/C38H36N4O4S.C33H35N7O3/c1-27-24-42(37(45)40-35(27)43)34-26-41(25-32(46-34)22-23-33(47)39-36(44)28-14-6-2-7-15-28)38(29-16-8-3-9-17-29,30-18-10-4-11-19-30)31-20-12-5-13-21-31;1-22(2)30(41)37-32-36-29-28(31(42)38-32)35-21-40(29)27-20-39(19-26(18-34)43-27)33(23-12-6-3-7-13-23,24-14-8-4-9-15-24)25-16-10-5-11-17-25/h2-21,24,32,34H,22-23,25-26H2,1H3,(H,39,44,47)(H,40,43,45);3-17,21-22,26-27H,18-20,34H2,1-2H3,(H2,36,37,38,41,42). The van der Waals surface area contributed by atoms with E-state index in [9.17, 15) is 24.0 Å². The normalized spacial score (nSPS) is 17.3. The second-order valence-corrected chi connectivity index (χ2v) is 23.2. The number of ether oxygens (including phenoxy) is 2. The van der Waals surface area contributed by atoms with Crippen LogP contribution >= 0.6 is 12.2 Å². The number of benzene rings is 7. The van der Waals surface area contributed by atoms with E-state index in [1.165, 1.54) is 4.57 Å². The Hall–Kier alpha value is -9.60. The average molecular weight is 1220 g/mol. The summed E-state index contributed by atoms with van der Waals surface area (Å²) in [4.78, 5) is 82.9. The fourth-order valence-electron chi connectivity index (χ4n) is 12.3. The first-order valence-corrected chi connectivity index (χ1v) is 30.5. The zero-order valence-electron chi connectivity index (χ0n) is 50.2. The molecule has 0 radical (unpaired) electrons. The minimum Gasteiger partial charge on any atom is -0.352 e. The highest BCUT2D eigenvalue weighted by atomic mass is 32.1. The molecular formula is C71H71N11O7S. The van der Waals surface area contributed by atoms with Crippen LogP contribution in [0.5, 0.6) is 0 Å². The van der Waals surface area contributed by atoms with Gasteiger partial charge in [0, 0.05) is 62.4 Å². The molecule has 2 saturated heterocycles. The van der Waals surface area contributed by atoms with E-state index in [2.05, 4.69) is 150 Å². The molecule has 3 aromatic heterocycles. The molecule has 5 heterocycles. The van der Waals surface area contributed by atoms with Gasteiger partial charge in [0.15, 0.2) is 17.4 Å². The largest absolute Gasteiger partial charge is 0.352 e. The fraction of sp³-hybridized carbons (Fsp3) is 0.239. The molecule has 2 aliphatic heterocycles. The summed E-state index contributed by atoms with van der Waals surface area (Å²) in [6.07, 6.45) is 2.01. The second kappa shape index (κ2) is 27.8. The van der Waals surface area contributed by atoms with Crippen molar-refractivity contribution < 1.29 is 19.1 Å². The van der Waals surface area contributed by atoms with E-state index < -0.39 is 40.3 Å². The Bertz CT molecular complexity index is 4060. The van der Waals surface area contributed by atoms with Gasteiger partial charge < -0.3 is 20.5 Å². The maximum absolute atomic E-state index is 13.2. The number of hydrogen-bond acceptors (Lipinski definition) is 13. The van der Waals surface area contributed by atoms with Crippen molar-refractivity contribution in [1.29, 1.82) is 0 Å². The van der Waals surface area contributed by atoms with Crippen molar-refractivity contribution >= 4 is 46.1 Å². The molecule has 458 valence electrons. The summed E-state index contributed by atoms with van der Waals surface area (Å²) in [6.45, 7) is 7.33. The number of nitrogens with two attached hydrogens (primary N) is 1. The number of aromatic amines is 2. The van der Waals surface area contributed by atoms with Crippen LogP contribution in [0.4, 0.5) is 5.95 Å². The van der Waals surface area contributed by atoms with E-state index in [1.54, 1.807) is 50.0 Å². The lowest BCUT2D eigenvalue weighted by Gasteiger charge is -2.50. The van der Waals surface area contributed by atoms with Crippen molar-refractivity contribution in [2.75, 3.05) is 38.0 Å². The van der Waals surface area contributed by atoms with Crippen LogP contribution in [0.1, 0.15) is 88.4 Å². The summed E-state index contributed by atoms with van der Waals surface area (Å²) in [7, 11) is 0. The summed E-state index contributed by atoms with van der Waals surface area (Å²) in [5, 5.41) is 5.54. The van der Waals surface area contributed by atoms with E-state index in [0.29, 0.717) is 60.8 Å². The number of rotatable bonds is 17. The van der Waals surface area contributed by atoms with Crippen LogP contribution in [0.25, 0.3) is 11.2 Å². The van der Waals surface area contributed by atoms with Gasteiger partial charge in [-0.1, -0.05) is 226 Å². The van der Waals surface area contributed by atoms with Gasteiger partial charge in [-0.3, -0.25) is 53.4 Å². The summed E-state index contributed by atoms with van der Waals surface area (Å²) in [5.74, 6) is -0.733. The van der Waals surface area contributed by atoms with Gasteiger partial charge in [-0.05, 0) is 58.9 Å². The average Bonchev–Trinajstić information content (AvgIpc) is 0.758. The molecule has 90 heavy (non-hydrogen) atoms. The van der Waals surface area contributed by atoms with Crippen molar-refractivity contribution in [2.45, 2.75) is 69.4 Å². The maximum Gasteiger partial charge on any atom is 0.330 e. The molecule has 4 atom stereocenters.